The van der Waals surface area contributed by atoms with Gasteiger partial charge in [0.2, 0.25) is 5.91 Å². The third kappa shape index (κ3) is 6.65. The Hall–Kier alpha value is -2.11. The third-order valence-electron chi connectivity index (χ3n) is 4.72. The van der Waals surface area contributed by atoms with Crippen LogP contribution in [0.15, 0.2) is 23.3 Å². The Morgan fingerprint density at radius 1 is 1.35 bits per heavy atom. The molecule has 2 rings (SSSR count). The zero-order valence-corrected chi connectivity index (χ0v) is 16.5. The minimum absolute atomic E-state index is 0.0976. The van der Waals surface area contributed by atoms with Gasteiger partial charge in [-0.1, -0.05) is 12.5 Å². The topological polar surface area (TPSA) is 78.4 Å². The van der Waals surface area contributed by atoms with Crippen molar-refractivity contribution < 1.29 is 4.79 Å². The number of hydrogen-bond acceptors (Lipinski definition) is 3. The Labute approximate surface area is 157 Å². The maximum atomic E-state index is 12.3. The molecular weight excluding hydrogens is 326 g/mol. The van der Waals surface area contributed by atoms with Crippen molar-refractivity contribution in [1.82, 2.24) is 20.9 Å². The standard InChI is InChI=1S/C20H33N5O/c1-14(2)24-19(26)17-6-5-7-18(12-17)25-20(21-4)22-11-10-16-9-8-15(3)23-13-16/h8-9,13-14,17-18H,5-7,10-12H2,1-4H3,(H,24,26)(H2,21,22,25). The van der Waals surface area contributed by atoms with Crippen LogP contribution in [0.5, 0.6) is 0 Å². The summed E-state index contributed by atoms with van der Waals surface area (Å²) in [5.41, 5.74) is 2.24. The minimum Gasteiger partial charge on any atom is -0.356 e. The van der Waals surface area contributed by atoms with Crippen molar-refractivity contribution >= 4 is 11.9 Å². The molecule has 1 aliphatic rings. The van der Waals surface area contributed by atoms with Gasteiger partial charge in [0.25, 0.3) is 0 Å². The van der Waals surface area contributed by atoms with Crippen molar-refractivity contribution in [2.45, 2.75) is 65.0 Å². The lowest BCUT2D eigenvalue weighted by atomic mass is 9.85. The minimum atomic E-state index is 0.0976. The van der Waals surface area contributed by atoms with Crippen molar-refractivity contribution in [3.8, 4) is 0 Å². The van der Waals surface area contributed by atoms with Crippen molar-refractivity contribution in [2.75, 3.05) is 13.6 Å². The van der Waals surface area contributed by atoms with Gasteiger partial charge in [0.1, 0.15) is 0 Å². The van der Waals surface area contributed by atoms with E-state index < -0.39 is 0 Å². The Bertz CT molecular complexity index is 597. The molecule has 6 nitrogen and oxygen atoms in total. The number of carbonyl (C=O) groups excluding carboxylic acids is 1. The number of hydrogen-bond donors (Lipinski definition) is 3. The summed E-state index contributed by atoms with van der Waals surface area (Å²) >= 11 is 0. The molecule has 0 aliphatic heterocycles. The van der Waals surface area contributed by atoms with E-state index in [0.29, 0.717) is 6.04 Å². The van der Waals surface area contributed by atoms with Crippen molar-refractivity contribution in [3.05, 3.63) is 29.6 Å². The molecule has 0 spiro atoms. The fraction of sp³-hybridized carbons (Fsp3) is 0.650. The lowest BCUT2D eigenvalue weighted by molar-refractivity contribution is -0.126. The van der Waals surface area contributed by atoms with Crippen LogP contribution in [0.2, 0.25) is 0 Å². The molecule has 2 atom stereocenters. The van der Waals surface area contributed by atoms with Gasteiger partial charge in [-0.25, -0.2) is 0 Å². The Kier molecular flexibility index (Phi) is 7.88. The van der Waals surface area contributed by atoms with Crippen LogP contribution in [-0.2, 0) is 11.2 Å². The first-order valence-electron chi connectivity index (χ1n) is 9.67. The van der Waals surface area contributed by atoms with Gasteiger partial charge in [-0.3, -0.25) is 14.8 Å². The van der Waals surface area contributed by atoms with Crippen molar-refractivity contribution in [3.63, 3.8) is 0 Å². The van der Waals surface area contributed by atoms with Crippen LogP contribution in [0.1, 0.15) is 50.8 Å². The summed E-state index contributed by atoms with van der Waals surface area (Å²) in [6, 6.07) is 4.63. The van der Waals surface area contributed by atoms with Crippen LogP contribution >= 0.6 is 0 Å². The van der Waals surface area contributed by atoms with E-state index in [-0.39, 0.29) is 17.9 Å². The summed E-state index contributed by atoms with van der Waals surface area (Å²) in [7, 11) is 1.79. The maximum absolute atomic E-state index is 12.3. The molecular formula is C20H33N5O. The number of amides is 1. The lowest BCUT2D eigenvalue weighted by Crippen LogP contribution is -2.47. The fourth-order valence-electron chi connectivity index (χ4n) is 3.32. The highest BCUT2D eigenvalue weighted by Crippen LogP contribution is 2.24. The van der Waals surface area contributed by atoms with Gasteiger partial charge in [-0.15, -0.1) is 0 Å². The highest BCUT2D eigenvalue weighted by atomic mass is 16.1. The van der Waals surface area contributed by atoms with Crippen LogP contribution in [0.4, 0.5) is 0 Å². The molecule has 0 saturated heterocycles. The number of rotatable bonds is 6. The van der Waals surface area contributed by atoms with Crippen molar-refractivity contribution in [1.29, 1.82) is 0 Å². The molecule has 26 heavy (non-hydrogen) atoms. The van der Waals surface area contributed by atoms with E-state index in [9.17, 15) is 4.79 Å². The third-order valence-corrected chi connectivity index (χ3v) is 4.72. The summed E-state index contributed by atoms with van der Waals surface area (Å²) in [4.78, 5) is 20.9. The number of carbonyl (C=O) groups is 1. The number of guanidine groups is 1. The average Bonchev–Trinajstić information content (AvgIpc) is 2.62. The quantitative estimate of drug-likeness (QED) is 0.537. The largest absolute Gasteiger partial charge is 0.356 e. The first kappa shape index (κ1) is 20.2. The summed E-state index contributed by atoms with van der Waals surface area (Å²) in [5.74, 6) is 1.08. The van der Waals surface area contributed by atoms with Crippen LogP contribution in [-0.4, -0.2) is 42.5 Å². The van der Waals surface area contributed by atoms with Gasteiger partial charge in [0.15, 0.2) is 5.96 Å². The first-order chi connectivity index (χ1) is 12.5. The SMILES string of the molecule is CN=C(NCCc1ccc(C)nc1)NC1CCCC(C(=O)NC(C)C)C1. The van der Waals surface area contributed by atoms with Gasteiger partial charge in [0.05, 0.1) is 0 Å². The van der Waals surface area contributed by atoms with Crippen molar-refractivity contribution in [2.24, 2.45) is 10.9 Å². The molecule has 0 aromatic carbocycles. The monoisotopic (exact) mass is 359 g/mol. The normalized spacial score (nSPS) is 20.7. The van der Waals surface area contributed by atoms with Crippen LogP contribution < -0.4 is 16.0 Å². The summed E-state index contributed by atoms with van der Waals surface area (Å²) in [5, 5.41) is 9.89. The van der Waals surface area contributed by atoms with Gasteiger partial charge in [0, 0.05) is 43.5 Å². The van der Waals surface area contributed by atoms with Crippen LogP contribution in [0, 0.1) is 12.8 Å². The summed E-state index contributed by atoms with van der Waals surface area (Å²) < 4.78 is 0. The first-order valence-corrected chi connectivity index (χ1v) is 9.67. The number of pyridine rings is 1. The van der Waals surface area contributed by atoms with E-state index >= 15 is 0 Å². The van der Waals surface area contributed by atoms with E-state index in [1.54, 1.807) is 7.05 Å². The Morgan fingerprint density at radius 3 is 2.81 bits per heavy atom. The van der Waals surface area contributed by atoms with Gasteiger partial charge < -0.3 is 16.0 Å². The highest BCUT2D eigenvalue weighted by molar-refractivity contribution is 5.81. The molecule has 1 amide bonds. The van der Waals surface area contributed by atoms with Gasteiger partial charge >= 0.3 is 0 Å². The van der Waals surface area contributed by atoms with Crippen LogP contribution in [0.25, 0.3) is 0 Å². The smallest absolute Gasteiger partial charge is 0.223 e. The zero-order chi connectivity index (χ0) is 18.9. The molecule has 1 aliphatic carbocycles. The second-order valence-electron chi connectivity index (χ2n) is 7.42. The van der Waals surface area contributed by atoms with E-state index in [1.165, 1.54) is 5.56 Å². The molecule has 144 valence electrons. The second kappa shape index (κ2) is 10.1. The molecule has 1 fully saturated rings. The van der Waals surface area contributed by atoms with E-state index in [2.05, 4.69) is 32.0 Å². The van der Waals surface area contributed by atoms with E-state index in [0.717, 1.165) is 50.3 Å². The molecule has 0 radical (unpaired) electrons. The molecule has 1 heterocycles. The number of aromatic nitrogens is 1. The van der Waals surface area contributed by atoms with E-state index in [4.69, 9.17) is 0 Å². The molecule has 6 heteroatoms. The highest BCUT2D eigenvalue weighted by Gasteiger charge is 2.27. The Balaban J connectivity index is 1.77. The number of nitrogens with zero attached hydrogens (tertiary/aromatic N) is 2. The van der Waals surface area contributed by atoms with Gasteiger partial charge in [-0.2, -0.15) is 0 Å². The summed E-state index contributed by atoms with van der Waals surface area (Å²) in [6.45, 7) is 6.80. The predicted molar refractivity (Wildman–Crippen MR) is 106 cm³/mol. The fourth-order valence-corrected chi connectivity index (χ4v) is 3.32. The maximum Gasteiger partial charge on any atom is 0.223 e. The lowest BCUT2D eigenvalue weighted by Gasteiger charge is -2.30. The molecule has 3 N–H and O–H groups in total. The predicted octanol–water partition coefficient (Wildman–Crippen LogP) is 2.18. The summed E-state index contributed by atoms with van der Waals surface area (Å²) in [6.07, 6.45) is 6.81. The van der Waals surface area contributed by atoms with Gasteiger partial charge in [-0.05, 0) is 58.1 Å². The Morgan fingerprint density at radius 2 is 2.15 bits per heavy atom. The molecule has 1 aromatic rings. The number of aliphatic imine (C=N–C) groups is 1. The zero-order valence-electron chi connectivity index (χ0n) is 16.5. The number of nitrogens with one attached hydrogen (secondary N) is 3. The number of aryl methyl sites for hydroxylation is 1. The molecule has 0 bridgehead atoms. The second-order valence-corrected chi connectivity index (χ2v) is 7.42. The molecule has 1 saturated carbocycles. The van der Waals surface area contributed by atoms with Crippen LogP contribution in [0.3, 0.4) is 0 Å². The average molecular weight is 360 g/mol. The molecule has 1 aromatic heterocycles. The van der Waals surface area contributed by atoms with E-state index in [1.807, 2.05) is 33.0 Å². The molecule has 2 unspecified atom stereocenters.